The maximum atomic E-state index is 11.6. The fourth-order valence-corrected chi connectivity index (χ4v) is 2.13. The van der Waals surface area contributed by atoms with E-state index in [0.717, 1.165) is 23.0 Å². The molecule has 0 aromatic heterocycles. The van der Waals surface area contributed by atoms with Crippen molar-refractivity contribution in [1.29, 1.82) is 0 Å². The van der Waals surface area contributed by atoms with Crippen LogP contribution in [-0.2, 0) is 9.53 Å². The zero-order valence-corrected chi connectivity index (χ0v) is 11.2. The van der Waals surface area contributed by atoms with Crippen molar-refractivity contribution in [2.45, 2.75) is 12.8 Å². The number of rotatable bonds is 4. The molecule has 0 radical (unpaired) electrons. The van der Waals surface area contributed by atoms with E-state index in [1.54, 1.807) is 0 Å². The lowest BCUT2D eigenvalue weighted by molar-refractivity contribution is -0.146. The predicted molar refractivity (Wildman–Crippen MR) is 70.7 cm³/mol. The van der Waals surface area contributed by atoms with Gasteiger partial charge in [0.25, 0.3) is 0 Å². The van der Waals surface area contributed by atoms with Crippen molar-refractivity contribution in [1.82, 2.24) is 0 Å². The normalized spacial score (nSPS) is 16.4. The third kappa shape index (κ3) is 2.54. The fraction of sp³-hybridized carbons (Fsp3) is 0.417. The molecule has 0 heterocycles. The van der Waals surface area contributed by atoms with E-state index in [0.29, 0.717) is 12.2 Å². The van der Waals surface area contributed by atoms with Gasteiger partial charge in [-0.15, -0.1) is 0 Å². The van der Waals surface area contributed by atoms with Gasteiger partial charge < -0.3 is 15.8 Å². The van der Waals surface area contributed by atoms with E-state index in [1.807, 2.05) is 18.2 Å². The van der Waals surface area contributed by atoms with Gasteiger partial charge in [-0.05, 0) is 31.0 Å². The van der Waals surface area contributed by atoms with E-state index in [1.165, 1.54) is 7.11 Å². The van der Waals surface area contributed by atoms with Crippen LogP contribution in [0.5, 0.6) is 0 Å². The smallest absolute Gasteiger partial charge is 0.313 e. The Hall–Kier alpha value is -1.23. The molecule has 1 fully saturated rings. The summed E-state index contributed by atoms with van der Waals surface area (Å²) in [6.45, 7) is 0.570. The molecule has 92 valence electrons. The van der Waals surface area contributed by atoms with Crippen molar-refractivity contribution in [3.63, 3.8) is 0 Å². The summed E-state index contributed by atoms with van der Waals surface area (Å²) in [5.41, 5.74) is 7.02. The van der Waals surface area contributed by atoms with Gasteiger partial charge in [-0.25, -0.2) is 0 Å². The highest BCUT2D eigenvalue weighted by Crippen LogP contribution is 2.46. The second kappa shape index (κ2) is 4.56. The van der Waals surface area contributed by atoms with Crippen molar-refractivity contribution in [2.24, 2.45) is 5.41 Å². The van der Waals surface area contributed by atoms with E-state index in [2.05, 4.69) is 21.2 Å². The Morgan fingerprint density at radius 3 is 2.88 bits per heavy atom. The molecule has 1 aliphatic carbocycles. The largest absolute Gasteiger partial charge is 0.469 e. The molecule has 5 heteroatoms. The molecule has 0 unspecified atom stereocenters. The Bertz CT molecular complexity index is 444. The summed E-state index contributed by atoms with van der Waals surface area (Å²) >= 11 is 3.39. The average Bonchev–Trinajstić information content (AvgIpc) is 3.10. The molecule has 0 aliphatic heterocycles. The summed E-state index contributed by atoms with van der Waals surface area (Å²) in [7, 11) is 1.43. The summed E-state index contributed by atoms with van der Waals surface area (Å²) in [4.78, 5) is 11.6. The number of halogens is 1. The molecule has 1 saturated carbocycles. The Labute approximate surface area is 109 Å². The van der Waals surface area contributed by atoms with Gasteiger partial charge in [0.05, 0.1) is 23.9 Å². The predicted octanol–water partition coefficient (Wildman–Crippen LogP) is 2.40. The SMILES string of the molecule is COC(=O)C1(CNc2cc(Br)ccc2N)CC1. The Morgan fingerprint density at radius 1 is 1.59 bits per heavy atom. The number of methoxy groups -OCH3 is 1. The number of hydrogen-bond acceptors (Lipinski definition) is 4. The average molecular weight is 299 g/mol. The third-order valence-electron chi connectivity index (χ3n) is 3.10. The van der Waals surface area contributed by atoms with Crippen molar-refractivity contribution in [3.8, 4) is 0 Å². The summed E-state index contributed by atoms with van der Waals surface area (Å²) in [5.74, 6) is -0.140. The number of benzene rings is 1. The van der Waals surface area contributed by atoms with Crippen LogP contribution in [0.4, 0.5) is 11.4 Å². The molecular weight excluding hydrogens is 284 g/mol. The summed E-state index contributed by atoms with van der Waals surface area (Å²) in [6.07, 6.45) is 1.75. The number of carbonyl (C=O) groups excluding carboxylic acids is 1. The number of nitrogens with two attached hydrogens (primary N) is 1. The van der Waals surface area contributed by atoms with Crippen molar-refractivity contribution >= 4 is 33.3 Å². The lowest BCUT2D eigenvalue weighted by atomic mass is 10.1. The van der Waals surface area contributed by atoms with Crippen LogP contribution in [0.25, 0.3) is 0 Å². The van der Waals surface area contributed by atoms with Gasteiger partial charge in [0, 0.05) is 11.0 Å². The molecule has 3 N–H and O–H groups in total. The van der Waals surface area contributed by atoms with Crippen LogP contribution in [0.1, 0.15) is 12.8 Å². The van der Waals surface area contributed by atoms with Gasteiger partial charge >= 0.3 is 5.97 Å². The second-order valence-corrected chi connectivity index (χ2v) is 5.27. The first-order valence-electron chi connectivity index (χ1n) is 5.45. The first kappa shape index (κ1) is 12.2. The minimum absolute atomic E-state index is 0.140. The minimum atomic E-state index is -0.344. The van der Waals surface area contributed by atoms with Gasteiger partial charge in [0.1, 0.15) is 0 Å². The van der Waals surface area contributed by atoms with Crippen LogP contribution in [0.15, 0.2) is 22.7 Å². The first-order chi connectivity index (χ1) is 8.07. The first-order valence-corrected chi connectivity index (χ1v) is 6.24. The lowest BCUT2D eigenvalue weighted by Crippen LogP contribution is -2.26. The van der Waals surface area contributed by atoms with Crippen LogP contribution < -0.4 is 11.1 Å². The summed E-state index contributed by atoms with van der Waals surface area (Å²) in [6, 6.07) is 5.61. The highest BCUT2D eigenvalue weighted by Gasteiger charge is 2.50. The van der Waals surface area contributed by atoms with E-state index < -0.39 is 0 Å². The number of nitrogens with one attached hydrogen (secondary N) is 1. The molecule has 0 atom stereocenters. The number of ether oxygens (including phenoxy) is 1. The van der Waals surface area contributed by atoms with Crippen LogP contribution in [-0.4, -0.2) is 19.6 Å². The molecule has 0 saturated heterocycles. The molecule has 0 bridgehead atoms. The number of carbonyl (C=O) groups is 1. The Kier molecular flexibility index (Phi) is 3.28. The number of esters is 1. The van der Waals surface area contributed by atoms with Crippen molar-refractivity contribution in [3.05, 3.63) is 22.7 Å². The van der Waals surface area contributed by atoms with Gasteiger partial charge in [-0.2, -0.15) is 0 Å². The van der Waals surface area contributed by atoms with Gasteiger partial charge in [-0.1, -0.05) is 15.9 Å². The third-order valence-corrected chi connectivity index (χ3v) is 3.60. The Balaban J connectivity index is 2.03. The standard InChI is InChI=1S/C12H15BrN2O2/c1-17-11(16)12(4-5-12)7-15-10-6-8(13)2-3-9(10)14/h2-3,6,15H,4-5,7,14H2,1H3. The van der Waals surface area contributed by atoms with Gasteiger partial charge in [0.2, 0.25) is 0 Å². The maximum absolute atomic E-state index is 11.6. The van der Waals surface area contributed by atoms with Crippen molar-refractivity contribution in [2.75, 3.05) is 24.7 Å². The molecule has 4 nitrogen and oxygen atoms in total. The van der Waals surface area contributed by atoms with E-state index in [-0.39, 0.29) is 11.4 Å². The molecule has 1 aromatic carbocycles. The van der Waals surface area contributed by atoms with Gasteiger partial charge in [0.15, 0.2) is 0 Å². The Morgan fingerprint density at radius 2 is 2.29 bits per heavy atom. The zero-order chi connectivity index (χ0) is 12.5. The summed E-state index contributed by atoms with van der Waals surface area (Å²) in [5, 5.41) is 3.22. The van der Waals surface area contributed by atoms with Crippen molar-refractivity contribution < 1.29 is 9.53 Å². The molecule has 2 rings (SSSR count). The number of nitrogen functional groups attached to an aromatic ring is 1. The van der Waals surface area contributed by atoms with E-state index >= 15 is 0 Å². The highest BCUT2D eigenvalue weighted by molar-refractivity contribution is 9.10. The monoisotopic (exact) mass is 298 g/mol. The van der Waals surface area contributed by atoms with Crippen LogP contribution in [0.3, 0.4) is 0 Å². The van der Waals surface area contributed by atoms with Crippen LogP contribution in [0, 0.1) is 5.41 Å². The van der Waals surface area contributed by atoms with Crippen LogP contribution >= 0.6 is 15.9 Å². The molecule has 1 aliphatic rings. The molecule has 17 heavy (non-hydrogen) atoms. The van der Waals surface area contributed by atoms with E-state index in [9.17, 15) is 4.79 Å². The fourth-order valence-electron chi connectivity index (χ4n) is 1.77. The van der Waals surface area contributed by atoms with Crippen LogP contribution in [0.2, 0.25) is 0 Å². The molecule has 0 amide bonds. The topological polar surface area (TPSA) is 64.3 Å². The van der Waals surface area contributed by atoms with E-state index in [4.69, 9.17) is 10.5 Å². The highest BCUT2D eigenvalue weighted by atomic mass is 79.9. The zero-order valence-electron chi connectivity index (χ0n) is 9.63. The van der Waals surface area contributed by atoms with Gasteiger partial charge in [-0.3, -0.25) is 4.79 Å². The molecular formula is C12H15BrN2O2. The number of hydrogen-bond donors (Lipinski definition) is 2. The quantitative estimate of drug-likeness (QED) is 0.662. The summed E-state index contributed by atoms with van der Waals surface area (Å²) < 4.78 is 5.76. The second-order valence-electron chi connectivity index (χ2n) is 4.36. The number of anilines is 2. The molecule has 1 aromatic rings. The lowest BCUT2D eigenvalue weighted by Gasteiger charge is -2.15. The minimum Gasteiger partial charge on any atom is -0.469 e. The maximum Gasteiger partial charge on any atom is 0.313 e. The molecule has 0 spiro atoms.